The van der Waals surface area contributed by atoms with E-state index in [1.54, 1.807) is 14.2 Å². The van der Waals surface area contributed by atoms with Gasteiger partial charge in [0.25, 0.3) is 0 Å². The highest BCUT2D eigenvalue weighted by Crippen LogP contribution is 2.21. The van der Waals surface area contributed by atoms with Crippen molar-refractivity contribution in [3.8, 4) is 5.75 Å². The predicted octanol–water partition coefficient (Wildman–Crippen LogP) is 2.66. The molecule has 0 amide bonds. The molecule has 1 aromatic carbocycles. The summed E-state index contributed by atoms with van der Waals surface area (Å²) < 4.78 is 10.7. The van der Waals surface area contributed by atoms with E-state index in [9.17, 15) is 0 Å². The maximum Gasteiger partial charge on any atom is 0.123 e. The number of benzene rings is 1. The Morgan fingerprint density at radius 3 is 2.62 bits per heavy atom. The fourth-order valence-electron chi connectivity index (χ4n) is 2.29. The van der Waals surface area contributed by atoms with Gasteiger partial charge in [-0.1, -0.05) is 19.9 Å². The maximum atomic E-state index is 5.50. The van der Waals surface area contributed by atoms with Crippen LogP contribution in [0.3, 0.4) is 0 Å². The topological polar surface area (TPSA) is 33.7 Å². The van der Waals surface area contributed by atoms with Crippen LogP contribution in [-0.4, -0.2) is 45.4 Å². The van der Waals surface area contributed by atoms with Crippen LogP contribution in [0.4, 0.5) is 0 Å². The Hall–Kier alpha value is -1.10. The number of ether oxygens (including phenoxy) is 2. The lowest BCUT2D eigenvalue weighted by atomic mass is 10.1. The summed E-state index contributed by atoms with van der Waals surface area (Å²) in [5.41, 5.74) is 2.55. The zero-order chi connectivity index (χ0) is 15.5. The summed E-state index contributed by atoms with van der Waals surface area (Å²) in [6, 6.07) is 6.45. The zero-order valence-corrected chi connectivity index (χ0v) is 13.9. The molecule has 0 atom stereocenters. The minimum Gasteiger partial charge on any atom is -0.496 e. The first kappa shape index (κ1) is 18.0. The highest BCUT2D eigenvalue weighted by Gasteiger charge is 2.09. The van der Waals surface area contributed by atoms with Crippen molar-refractivity contribution < 1.29 is 9.47 Å². The van der Waals surface area contributed by atoms with E-state index in [1.165, 1.54) is 11.1 Å². The van der Waals surface area contributed by atoms with Crippen molar-refractivity contribution in [2.75, 3.05) is 40.5 Å². The number of hydrogen-bond acceptors (Lipinski definition) is 4. The summed E-state index contributed by atoms with van der Waals surface area (Å²) in [6.45, 7) is 9.92. The Labute approximate surface area is 129 Å². The fraction of sp³-hybridized carbons (Fsp3) is 0.647. The van der Waals surface area contributed by atoms with Crippen molar-refractivity contribution in [1.29, 1.82) is 0 Å². The van der Waals surface area contributed by atoms with Crippen LogP contribution >= 0.6 is 0 Å². The Kier molecular flexibility index (Phi) is 9.06. The summed E-state index contributed by atoms with van der Waals surface area (Å²) in [7, 11) is 3.48. The second-order valence-corrected chi connectivity index (χ2v) is 5.18. The normalized spacial score (nSPS) is 11.1. The number of nitrogens with one attached hydrogen (secondary N) is 1. The maximum absolute atomic E-state index is 5.50. The van der Waals surface area contributed by atoms with Gasteiger partial charge >= 0.3 is 0 Å². The summed E-state index contributed by atoms with van der Waals surface area (Å²) in [5.74, 6) is 0.963. The molecular weight excluding hydrogens is 264 g/mol. The number of rotatable bonds is 11. The van der Waals surface area contributed by atoms with E-state index >= 15 is 0 Å². The standard InChI is InChI=1S/C17H30N2O2/c1-5-9-18-13-15-7-8-17(21-4)16(12-15)14-19(6-2)10-11-20-3/h7-8,12,18H,5-6,9-11,13-14H2,1-4H3. The fourth-order valence-corrected chi connectivity index (χ4v) is 2.29. The Bertz CT molecular complexity index is 396. The van der Waals surface area contributed by atoms with Crippen LogP contribution in [-0.2, 0) is 17.8 Å². The van der Waals surface area contributed by atoms with Gasteiger partial charge in [-0.3, -0.25) is 4.90 Å². The third-order valence-corrected chi connectivity index (χ3v) is 3.55. The summed E-state index contributed by atoms with van der Waals surface area (Å²) in [4.78, 5) is 2.37. The van der Waals surface area contributed by atoms with Crippen LogP contribution in [0.2, 0.25) is 0 Å². The molecule has 0 bridgehead atoms. The van der Waals surface area contributed by atoms with Gasteiger partial charge in [-0.25, -0.2) is 0 Å². The van der Waals surface area contributed by atoms with Crippen LogP contribution in [0.15, 0.2) is 18.2 Å². The van der Waals surface area contributed by atoms with Gasteiger partial charge in [0.05, 0.1) is 13.7 Å². The number of methoxy groups -OCH3 is 2. The molecule has 1 rings (SSSR count). The van der Waals surface area contributed by atoms with Gasteiger partial charge in [-0.05, 0) is 37.2 Å². The molecule has 0 spiro atoms. The van der Waals surface area contributed by atoms with Crippen LogP contribution in [0.25, 0.3) is 0 Å². The predicted molar refractivity (Wildman–Crippen MR) is 87.8 cm³/mol. The largest absolute Gasteiger partial charge is 0.496 e. The molecule has 0 fully saturated rings. The van der Waals surface area contributed by atoms with Gasteiger partial charge in [0.2, 0.25) is 0 Å². The first-order chi connectivity index (χ1) is 10.2. The van der Waals surface area contributed by atoms with Gasteiger partial charge in [-0.15, -0.1) is 0 Å². The molecule has 0 aliphatic carbocycles. The number of hydrogen-bond donors (Lipinski definition) is 1. The Morgan fingerprint density at radius 1 is 1.19 bits per heavy atom. The van der Waals surface area contributed by atoms with Crippen LogP contribution in [0, 0.1) is 0 Å². The lowest BCUT2D eigenvalue weighted by Gasteiger charge is -2.21. The molecule has 1 aromatic rings. The SMILES string of the molecule is CCCNCc1ccc(OC)c(CN(CC)CCOC)c1. The van der Waals surface area contributed by atoms with Crippen molar-refractivity contribution in [3.05, 3.63) is 29.3 Å². The average Bonchev–Trinajstić information content (AvgIpc) is 2.52. The van der Waals surface area contributed by atoms with Gasteiger partial charge in [0.1, 0.15) is 5.75 Å². The van der Waals surface area contributed by atoms with E-state index in [0.717, 1.165) is 51.5 Å². The highest BCUT2D eigenvalue weighted by atomic mass is 16.5. The minimum atomic E-state index is 0.758. The van der Waals surface area contributed by atoms with Crippen molar-refractivity contribution in [3.63, 3.8) is 0 Å². The van der Waals surface area contributed by atoms with E-state index in [4.69, 9.17) is 9.47 Å². The van der Waals surface area contributed by atoms with Gasteiger partial charge in [-0.2, -0.15) is 0 Å². The second kappa shape index (κ2) is 10.6. The molecule has 0 saturated carbocycles. The third kappa shape index (κ3) is 6.46. The molecule has 0 aromatic heterocycles. The smallest absolute Gasteiger partial charge is 0.123 e. The minimum absolute atomic E-state index is 0.758. The molecular formula is C17H30N2O2. The van der Waals surface area contributed by atoms with Crippen LogP contribution in [0.1, 0.15) is 31.4 Å². The first-order valence-electron chi connectivity index (χ1n) is 7.82. The molecule has 21 heavy (non-hydrogen) atoms. The quantitative estimate of drug-likeness (QED) is 0.636. The van der Waals surface area contributed by atoms with Crippen molar-refractivity contribution >= 4 is 0 Å². The molecule has 0 aliphatic rings. The van der Waals surface area contributed by atoms with Gasteiger partial charge in [0.15, 0.2) is 0 Å². The molecule has 4 heteroatoms. The molecule has 0 saturated heterocycles. The summed E-state index contributed by atoms with van der Waals surface area (Å²) >= 11 is 0. The van der Waals surface area contributed by atoms with E-state index in [-0.39, 0.29) is 0 Å². The van der Waals surface area contributed by atoms with E-state index in [2.05, 4.69) is 42.3 Å². The van der Waals surface area contributed by atoms with E-state index in [1.807, 2.05) is 0 Å². The van der Waals surface area contributed by atoms with Crippen molar-refractivity contribution in [2.45, 2.75) is 33.4 Å². The zero-order valence-electron chi connectivity index (χ0n) is 13.9. The second-order valence-electron chi connectivity index (χ2n) is 5.18. The Morgan fingerprint density at radius 2 is 2.00 bits per heavy atom. The van der Waals surface area contributed by atoms with E-state index in [0.29, 0.717) is 0 Å². The lowest BCUT2D eigenvalue weighted by Crippen LogP contribution is -2.27. The van der Waals surface area contributed by atoms with Gasteiger partial charge in [0, 0.05) is 32.3 Å². The first-order valence-corrected chi connectivity index (χ1v) is 7.82. The molecule has 120 valence electrons. The molecule has 0 heterocycles. The third-order valence-electron chi connectivity index (χ3n) is 3.55. The van der Waals surface area contributed by atoms with Gasteiger partial charge < -0.3 is 14.8 Å². The van der Waals surface area contributed by atoms with Crippen LogP contribution in [0.5, 0.6) is 5.75 Å². The lowest BCUT2D eigenvalue weighted by molar-refractivity contribution is 0.147. The molecule has 0 radical (unpaired) electrons. The summed E-state index contributed by atoms with van der Waals surface area (Å²) in [5, 5.41) is 3.44. The average molecular weight is 294 g/mol. The number of nitrogens with zero attached hydrogens (tertiary/aromatic N) is 1. The highest BCUT2D eigenvalue weighted by molar-refractivity contribution is 5.37. The Balaban J connectivity index is 2.73. The molecule has 1 N–H and O–H groups in total. The van der Waals surface area contributed by atoms with E-state index < -0.39 is 0 Å². The molecule has 0 unspecified atom stereocenters. The van der Waals surface area contributed by atoms with Crippen LogP contribution < -0.4 is 10.1 Å². The molecule has 0 aliphatic heterocycles. The van der Waals surface area contributed by atoms with Crippen molar-refractivity contribution in [2.24, 2.45) is 0 Å². The monoisotopic (exact) mass is 294 g/mol. The molecule has 4 nitrogen and oxygen atoms in total. The summed E-state index contributed by atoms with van der Waals surface area (Å²) in [6.07, 6.45) is 1.16. The number of likely N-dealkylation sites (N-methyl/N-ethyl adjacent to an activating group) is 1. The van der Waals surface area contributed by atoms with Crippen molar-refractivity contribution in [1.82, 2.24) is 10.2 Å².